The topological polar surface area (TPSA) is 53.1 Å². The summed E-state index contributed by atoms with van der Waals surface area (Å²) in [6, 6.07) is 0.644. The number of nitrogens with one attached hydrogen (secondary N) is 2. The zero-order valence-corrected chi connectivity index (χ0v) is 14.8. The first kappa shape index (κ1) is 16.5. The molecule has 1 saturated heterocycles. The first-order valence-corrected chi connectivity index (χ1v) is 8.63. The van der Waals surface area contributed by atoms with Gasteiger partial charge >= 0.3 is 0 Å². The highest BCUT2D eigenvalue weighted by Crippen LogP contribution is 2.23. The number of likely N-dealkylation sites (tertiary alicyclic amines) is 1. The third kappa shape index (κ3) is 4.81. The fourth-order valence-electron chi connectivity index (χ4n) is 2.55. The second kappa shape index (κ2) is 7.94. The average Bonchev–Trinajstić information content (AvgIpc) is 2.94. The minimum atomic E-state index is 0.644. The lowest BCUT2D eigenvalue weighted by Crippen LogP contribution is -2.29. The molecule has 2 heterocycles. The van der Waals surface area contributed by atoms with Crippen LogP contribution in [0.5, 0.6) is 0 Å². The molecule has 1 atom stereocenters. The van der Waals surface area contributed by atoms with Gasteiger partial charge in [-0.15, -0.1) is 0 Å². The summed E-state index contributed by atoms with van der Waals surface area (Å²) in [6.07, 6.45) is 4.13. The van der Waals surface area contributed by atoms with E-state index in [0.717, 1.165) is 29.8 Å². The summed E-state index contributed by atoms with van der Waals surface area (Å²) >= 11 is 3.52. The molecule has 0 spiro atoms. The molecule has 1 fully saturated rings. The molecule has 1 aliphatic rings. The van der Waals surface area contributed by atoms with Crippen LogP contribution in [0.25, 0.3) is 0 Å². The van der Waals surface area contributed by atoms with Gasteiger partial charge in [-0.2, -0.15) is 4.98 Å². The number of aromatic nitrogens is 2. The van der Waals surface area contributed by atoms with Crippen LogP contribution in [-0.2, 0) is 0 Å². The number of anilines is 2. The average molecular weight is 356 g/mol. The van der Waals surface area contributed by atoms with Crippen molar-refractivity contribution >= 4 is 27.7 Å². The Bertz CT molecular complexity index is 452. The molecule has 1 aliphatic heterocycles. The van der Waals surface area contributed by atoms with Crippen LogP contribution in [0.3, 0.4) is 0 Å². The van der Waals surface area contributed by atoms with Crippen molar-refractivity contribution in [1.82, 2.24) is 14.9 Å². The van der Waals surface area contributed by atoms with Gasteiger partial charge in [0, 0.05) is 31.9 Å². The van der Waals surface area contributed by atoms with Crippen molar-refractivity contribution in [3.63, 3.8) is 0 Å². The molecule has 118 valence electrons. The molecule has 0 aliphatic carbocycles. The van der Waals surface area contributed by atoms with Gasteiger partial charge in [-0.1, -0.05) is 6.92 Å². The van der Waals surface area contributed by atoms with E-state index in [2.05, 4.69) is 62.2 Å². The summed E-state index contributed by atoms with van der Waals surface area (Å²) in [6.45, 7) is 10.9. The summed E-state index contributed by atoms with van der Waals surface area (Å²) < 4.78 is 0.920. The Kier molecular flexibility index (Phi) is 6.23. The molecule has 1 aromatic rings. The molecule has 0 amide bonds. The second-order valence-corrected chi connectivity index (χ2v) is 6.80. The molecule has 5 nitrogen and oxygen atoms in total. The minimum absolute atomic E-state index is 0.644. The van der Waals surface area contributed by atoms with Crippen LogP contribution in [0.1, 0.15) is 33.6 Å². The monoisotopic (exact) mass is 355 g/mol. The Balaban J connectivity index is 1.88. The van der Waals surface area contributed by atoms with Crippen molar-refractivity contribution in [3.05, 3.63) is 10.7 Å². The van der Waals surface area contributed by atoms with E-state index in [4.69, 9.17) is 0 Å². The van der Waals surface area contributed by atoms with Crippen molar-refractivity contribution in [2.45, 2.75) is 39.7 Å². The minimum Gasteiger partial charge on any atom is -0.369 e. The van der Waals surface area contributed by atoms with Crippen molar-refractivity contribution in [2.75, 3.05) is 36.8 Å². The predicted molar refractivity (Wildman–Crippen MR) is 91.8 cm³/mol. The van der Waals surface area contributed by atoms with Crippen LogP contribution in [0, 0.1) is 5.92 Å². The van der Waals surface area contributed by atoms with Gasteiger partial charge in [-0.05, 0) is 55.1 Å². The van der Waals surface area contributed by atoms with E-state index < -0.39 is 0 Å². The van der Waals surface area contributed by atoms with Crippen LogP contribution in [-0.4, -0.2) is 47.1 Å². The van der Waals surface area contributed by atoms with E-state index in [1.165, 1.54) is 19.5 Å². The summed E-state index contributed by atoms with van der Waals surface area (Å²) in [4.78, 5) is 11.3. The number of hydrogen-bond acceptors (Lipinski definition) is 5. The number of halogens is 1. The van der Waals surface area contributed by atoms with Gasteiger partial charge in [0.1, 0.15) is 5.82 Å². The first-order chi connectivity index (χ1) is 10.1. The highest BCUT2D eigenvalue weighted by molar-refractivity contribution is 9.10. The lowest BCUT2D eigenvalue weighted by Gasteiger charge is -2.20. The molecule has 2 rings (SSSR count). The van der Waals surface area contributed by atoms with Crippen molar-refractivity contribution in [3.8, 4) is 0 Å². The molecule has 0 bridgehead atoms. The van der Waals surface area contributed by atoms with Crippen molar-refractivity contribution in [2.24, 2.45) is 5.92 Å². The first-order valence-electron chi connectivity index (χ1n) is 7.84. The van der Waals surface area contributed by atoms with Gasteiger partial charge in [0.2, 0.25) is 5.95 Å². The highest BCUT2D eigenvalue weighted by Gasteiger charge is 2.24. The largest absolute Gasteiger partial charge is 0.369 e. The van der Waals surface area contributed by atoms with Gasteiger partial charge in [-0.3, -0.25) is 0 Å². The maximum atomic E-state index is 4.53. The predicted octanol–water partition coefficient (Wildman–Crippen LogP) is 3.20. The number of rotatable bonds is 7. The van der Waals surface area contributed by atoms with E-state index >= 15 is 0 Å². The van der Waals surface area contributed by atoms with Crippen LogP contribution in [0.15, 0.2) is 10.7 Å². The van der Waals surface area contributed by atoms with Gasteiger partial charge in [0.25, 0.3) is 0 Å². The second-order valence-electron chi connectivity index (χ2n) is 5.94. The number of hydrogen-bond donors (Lipinski definition) is 2. The van der Waals surface area contributed by atoms with Crippen molar-refractivity contribution in [1.29, 1.82) is 0 Å². The normalized spacial score (nSPS) is 19.2. The van der Waals surface area contributed by atoms with E-state index in [-0.39, 0.29) is 0 Å². The Morgan fingerprint density at radius 1 is 1.43 bits per heavy atom. The molecule has 0 radical (unpaired) electrons. The maximum Gasteiger partial charge on any atom is 0.224 e. The third-order valence-electron chi connectivity index (χ3n) is 3.88. The molecule has 1 aromatic heterocycles. The van der Waals surface area contributed by atoms with E-state index in [1.54, 1.807) is 0 Å². The molecule has 0 aromatic carbocycles. The standard InChI is InChI=1S/C15H26BrN5/c1-4-6-17-15-19-9-13(16)14(20-15)18-8-12-5-7-21(10-12)11(2)3/h9,11-12H,4-8,10H2,1-3H3,(H2,17,18,19,20). The summed E-state index contributed by atoms with van der Waals surface area (Å²) in [5.41, 5.74) is 0. The van der Waals surface area contributed by atoms with Gasteiger partial charge in [-0.25, -0.2) is 4.98 Å². The molecule has 21 heavy (non-hydrogen) atoms. The summed E-state index contributed by atoms with van der Waals surface area (Å²) in [5, 5.41) is 6.69. The smallest absolute Gasteiger partial charge is 0.224 e. The van der Waals surface area contributed by atoms with Crippen LogP contribution < -0.4 is 10.6 Å². The van der Waals surface area contributed by atoms with Crippen LogP contribution in [0.2, 0.25) is 0 Å². The third-order valence-corrected chi connectivity index (χ3v) is 4.46. The Morgan fingerprint density at radius 3 is 2.90 bits per heavy atom. The zero-order chi connectivity index (χ0) is 15.2. The summed E-state index contributed by atoms with van der Waals surface area (Å²) in [7, 11) is 0. The Hall–Kier alpha value is -0.880. The fourth-order valence-corrected chi connectivity index (χ4v) is 2.88. The van der Waals surface area contributed by atoms with Gasteiger partial charge < -0.3 is 15.5 Å². The Labute approximate surface area is 136 Å². The lowest BCUT2D eigenvalue weighted by molar-refractivity contribution is 0.266. The summed E-state index contributed by atoms with van der Waals surface area (Å²) in [5.74, 6) is 2.27. The van der Waals surface area contributed by atoms with Crippen molar-refractivity contribution < 1.29 is 0 Å². The SMILES string of the molecule is CCCNc1ncc(Br)c(NCC2CCN(C(C)C)C2)n1. The van der Waals surface area contributed by atoms with Gasteiger partial charge in [0.05, 0.1) is 4.47 Å². The van der Waals surface area contributed by atoms with E-state index in [1.807, 2.05) is 6.20 Å². The zero-order valence-electron chi connectivity index (χ0n) is 13.2. The molecule has 0 saturated carbocycles. The molecule has 6 heteroatoms. The molecular formula is C15H26BrN5. The van der Waals surface area contributed by atoms with E-state index in [9.17, 15) is 0 Å². The lowest BCUT2D eigenvalue weighted by atomic mass is 10.1. The van der Waals surface area contributed by atoms with Gasteiger partial charge in [0.15, 0.2) is 0 Å². The molecular weight excluding hydrogens is 330 g/mol. The number of nitrogens with zero attached hydrogens (tertiary/aromatic N) is 3. The van der Waals surface area contributed by atoms with E-state index in [0.29, 0.717) is 17.9 Å². The fraction of sp³-hybridized carbons (Fsp3) is 0.733. The molecule has 2 N–H and O–H groups in total. The highest BCUT2D eigenvalue weighted by atomic mass is 79.9. The van der Waals surface area contributed by atoms with Crippen LogP contribution in [0.4, 0.5) is 11.8 Å². The van der Waals surface area contributed by atoms with Crippen LogP contribution >= 0.6 is 15.9 Å². The Morgan fingerprint density at radius 2 is 2.24 bits per heavy atom. The quantitative estimate of drug-likeness (QED) is 0.786. The molecule has 1 unspecified atom stereocenters. The maximum absolute atomic E-state index is 4.53.